The summed E-state index contributed by atoms with van der Waals surface area (Å²) in [4.78, 5) is 24.2. The molecule has 2 aromatic rings. The SMILES string of the molecule is CCC(=O)Nc1cccc(C(=O)Nc2cccc(CS(=O)C3CCOCC3)c2)c1. The Kier molecular flexibility index (Phi) is 7.55. The van der Waals surface area contributed by atoms with Crippen molar-refractivity contribution in [3.63, 3.8) is 0 Å². The first-order chi connectivity index (χ1) is 14.0. The maximum atomic E-state index is 12.6. The summed E-state index contributed by atoms with van der Waals surface area (Å²) in [6.07, 6.45) is 2.03. The summed E-state index contributed by atoms with van der Waals surface area (Å²) < 4.78 is 17.9. The Bertz CT molecular complexity index is 894. The van der Waals surface area contributed by atoms with Gasteiger partial charge >= 0.3 is 0 Å². The molecule has 0 bridgehead atoms. The van der Waals surface area contributed by atoms with Crippen LogP contribution in [0.5, 0.6) is 0 Å². The van der Waals surface area contributed by atoms with E-state index in [9.17, 15) is 13.8 Å². The van der Waals surface area contributed by atoms with Crippen LogP contribution in [0.15, 0.2) is 48.5 Å². The lowest BCUT2D eigenvalue weighted by molar-refractivity contribution is -0.115. The first kappa shape index (κ1) is 21.2. The van der Waals surface area contributed by atoms with Gasteiger partial charge in [0.1, 0.15) is 0 Å². The highest BCUT2D eigenvalue weighted by atomic mass is 32.2. The smallest absolute Gasteiger partial charge is 0.255 e. The summed E-state index contributed by atoms with van der Waals surface area (Å²) in [6, 6.07) is 14.3. The number of carbonyl (C=O) groups excluding carboxylic acids is 2. The molecule has 0 spiro atoms. The van der Waals surface area contributed by atoms with E-state index in [1.807, 2.05) is 24.3 Å². The second kappa shape index (κ2) is 10.3. The molecule has 29 heavy (non-hydrogen) atoms. The third-order valence-electron chi connectivity index (χ3n) is 4.76. The maximum absolute atomic E-state index is 12.6. The van der Waals surface area contributed by atoms with Crippen molar-refractivity contribution in [3.05, 3.63) is 59.7 Å². The number of hydrogen-bond acceptors (Lipinski definition) is 4. The lowest BCUT2D eigenvalue weighted by Crippen LogP contribution is -2.25. The molecule has 0 radical (unpaired) electrons. The highest BCUT2D eigenvalue weighted by molar-refractivity contribution is 7.84. The molecule has 1 aliphatic rings. The maximum Gasteiger partial charge on any atom is 0.255 e. The van der Waals surface area contributed by atoms with Gasteiger partial charge in [0.25, 0.3) is 5.91 Å². The van der Waals surface area contributed by atoms with Crippen LogP contribution in [0.2, 0.25) is 0 Å². The fourth-order valence-corrected chi connectivity index (χ4v) is 4.61. The quantitative estimate of drug-likeness (QED) is 0.723. The fraction of sp³-hybridized carbons (Fsp3) is 0.364. The van der Waals surface area contributed by atoms with E-state index in [4.69, 9.17) is 4.74 Å². The van der Waals surface area contributed by atoms with Gasteiger partial charge in [0.05, 0.1) is 0 Å². The van der Waals surface area contributed by atoms with Gasteiger partial charge in [-0.2, -0.15) is 0 Å². The molecule has 1 fully saturated rings. The van der Waals surface area contributed by atoms with Crippen LogP contribution in [0.3, 0.4) is 0 Å². The predicted octanol–water partition coefficient (Wildman–Crippen LogP) is 3.72. The zero-order valence-corrected chi connectivity index (χ0v) is 17.3. The van der Waals surface area contributed by atoms with Crippen molar-refractivity contribution in [2.45, 2.75) is 37.2 Å². The molecule has 3 rings (SSSR count). The van der Waals surface area contributed by atoms with Crippen molar-refractivity contribution in [2.24, 2.45) is 0 Å². The Balaban J connectivity index is 1.63. The average molecular weight is 415 g/mol. The Morgan fingerprint density at radius 3 is 2.45 bits per heavy atom. The average Bonchev–Trinajstić information content (AvgIpc) is 2.74. The molecule has 7 heteroatoms. The topological polar surface area (TPSA) is 84.5 Å². The number of carbonyl (C=O) groups is 2. The van der Waals surface area contributed by atoms with Crippen molar-refractivity contribution in [2.75, 3.05) is 23.8 Å². The van der Waals surface area contributed by atoms with Gasteiger partial charge in [0.15, 0.2) is 0 Å². The minimum absolute atomic E-state index is 0.104. The Morgan fingerprint density at radius 2 is 1.72 bits per heavy atom. The van der Waals surface area contributed by atoms with Crippen LogP contribution in [0.25, 0.3) is 0 Å². The first-order valence-corrected chi connectivity index (χ1v) is 11.2. The summed E-state index contributed by atoms with van der Waals surface area (Å²) in [5.74, 6) is 0.0977. The zero-order valence-electron chi connectivity index (χ0n) is 16.5. The highest BCUT2D eigenvalue weighted by Gasteiger charge is 2.20. The lowest BCUT2D eigenvalue weighted by atomic mass is 10.1. The minimum Gasteiger partial charge on any atom is -0.381 e. The highest BCUT2D eigenvalue weighted by Crippen LogP contribution is 2.20. The van der Waals surface area contributed by atoms with Crippen molar-refractivity contribution >= 4 is 34.0 Å². The number of benzene rings is 2. The van der Waals surface area contributed by atoms with Gasteiger partial charge in [0.2, 0.25) is 5.91 Å². The van der Waals surface area contributed by atoms with Crippen LogP contribution in [-0.2, 0) is 26.1 Å². The molecule has 6 nitrogen and oxygen atoms in total. The molecular formula is C22H26N2O4S. The van der Waals surface area contributed by atoms with Crippen LogP contribution < -0.4 is 10.6 Å². The number of amides is 2. The van der Waals surface area contributed by atoms with Gasteiger partial charge in [-0.25, -0.2) is 0 Å². The molecular weight excluding hydrogens is 388 g/mol. The third kappa shape index (κ3) is 6.24. The van der Waals surface area contributed by atoms with Gasteiger partial charge in [0, 0.05) is 58.4 Å². The summed E-state index contributed by atoms with van der Waals surface area (Å²) in [6.45, 7) is 3.11. The molecule has 154 valence electrons. The van der Waals surface area contributed by atoms with E-state index in [-0.39, 0.29) is 17.1 Å². The molecule has 0 aliphatic carbocycles. The van der Waals surface area contributed by atoms with E-state index >= 15 is 0 Å². The number of rotatable bonds is 7. The van der Waals surface area contributed by atoms with E-state index in [0.29, 0.717) is 42.3 Å². The number of ether oxygens (including phenoxy) is 1. The molecule has 1 atom stereocenters. The van der Waals surface area contributed by atoms with Gasteiger partial charge in [-0.1, -0.05) is 25.1 Å². The number of nitrogens with one attached hydrogen (secondary N) is 2. The Hall–Kier alpha value is -2.51. The van der Waals surface area contributed by atoms with Crippen molar-refractivity contribution < 1.29 is 18.5 Å². The predicted molar refractivity (Wildman–Crippen MR) is 115 cm³/mol. The molecule has 2 amide bonds. The van der Waals surface area contributed by atoms with Gasteiger partial charge in [-0.05, 0) is 48.7 Å². The lowest BCUT2D eigenvalue weighted by Gasteiger charge is -2.21. The van der Waals surface area contributed by atoms with Crippen molar-refractivity contribution in [3.8, 4) is 0 Å². The summed E-state index contributed by atoms with van der Waals surface area (Å²) >= 11 is 0. The fourth-order valence-electron chi connectivity index (χ4n) is 3.15. The largest absolute Gasteiger partial charge is 0.381 e. The van der Waals surface area contributed by atoms with Crippen LogP contribution in [0, 0.1) is 0 Å². The van der Waals surface area contributed by atoms with E-state index in [1.54, 1.807) is 31.2 Å². The Labute approximate surface area is 173 Å². The Morgan fingerprint density at radius 1 is 1.03 bits per heavy atom. The van der Waals surface area contributed by atoms with E-state index in [2.05, 4.69) is 10.6 Å². The molecule has 0 aromatic heterocycles. The van der Waals surface area contributed by atoms with Crippen LogP contribution in [0.1, 0.15) is 42.1 Å². The zero-order chi connectivity index (χ0) is 20.6. The van der Waals surface area contributed by atoms with Crippen molar-refractivity contribution in [1.82, 2.24) is 0 Å². The first-order valence-electron chi connectivity index (χ1n) is 9.80. The van der Waals surface area contributed by atoms with Gasteiger partial charge in [-0.15, -0.1) is 0 Å². The van der Waals surface area contributed by atoms with E-state index in [0.717, 1.165) is 18.4 Å². The molecule has 1 heterocycles. The molecule has 1 aliphatic heterocycles. The molecule has 0 saturated carbocycles. The standard InChI is InChI=1S/C22H26N2O4S/c1-2-21(25)23-19-8-4-6-17(14-19)22(26)24-18-7-3-5-16(13-18)15-29(27)20-9-11-28-12-10-20/h3-8,13-14,20H,2,9-12,15H2,1H3,(H,23,25)(H,24,26). The monoisotopic (exact) mass is 414 g/mol. The van der Waals surface area contributed by atoms with Crippen molar-refractivity contribution in [1.29, 1.82) is 0 Å². The van der Waals surface area contributed by atoms with E-state index < -0.39 is 10.8 Å². The van der Waals surface area contributed by atoms with Crippen LogP contribution in [-0.4, -0.2) is 34.5 Å². The molecule has 1 unspecified atom stereocenters. The molecule has 2 aromatic carbocycles. The van der Waals surface area contributed by atoms with Crippen LogP contribution >= 0.6 is 0 Å². The second-order valence-corrected chi connectivity index (χ2v) is 8.69. The molecule has 2 N–H and O–H groups in total. The van der Waals surface area contributed by atoms with E-state index in [1.165, 1.54) is 0 Å². The third-order valence-corrected chi connectivity index (χ3v) is 6.60. The van der Waals surface area contributed by atoms with Crippen LogP contribution in [0.4, 0.5) is 11.4 Å². The molecule has 1 saturated heterocycles. The normalized spacial score (nSPS) is 15.5. The minimum atomic E-state index is -0.957. The number of anilines is 2. The second-order valence-electron chi connectivity index (χ2n) is 6.97. The summed E-state index contributed by atoms with van der Waals surface area (Å²) in [5, 5.41) is 5.80. The summed E-state index contributed by atoms with van der Waals surface area (Å²) in [7, 11) is -0.957. The van der Waals surface area contributed by atoms with Gasteiger partial charge < -0.3 is 15.4 Å². The van der Waals surface area contributed by atoms with Gasteiger partial charge in [-0.3, -0.25) is 13.8 Å². The summed E-state index contributed by atoms with van der Waals surface area (Å²) in [5.41, 5.74) is 2.62. The number of hydrogen-bond donors (Lipinski definition) is 2.